The molecule has 0 atom stereocenters. The van der Waals surface area contributed by atoms with E-state index in [-0.39, 0.29) is 34.7 Å². The third-order valence-corrected chi connectivity index (χ3v) is 6.84. The number of alkyl halides is 3. The Bertz CT molecular complexity index is 1720. The van der Waals surface area contributed by atoms with E-state index in [0.717, 1.165) is 31.4 Å². The smallest absolute Gasteiger partial charge is 0.417 e. The van der Waals surface area contributed by atoms with Crippen LogP contribution in [0.1, 0.15) is 71.3 Å². The molecule has 0 aliphatic heterocycles. The van der Waals surface area contributed by atoms with E-state index in [1.165, 1.54) is 22.6 Å². The lowest BCUT2D eigenvalue weighted by molar-refractivity contribution is -0.137. The standard InChI is InChI=1S/C28H25F3N4O4/c1-2-39-27(38)20-16-19-23(32-22-14-8-9-15-34(22)26(19)37)35(17-10-4-3-5-11-17)24(20)33-25(36)18-12-6-7-13-21(18)28(29,30)31/h6-9,12-17H,2-5,10-11H2,1H3. The molecule has 1 fully saturated rings. The van der Waals surface area contributed by atoms with Crippen LogP contribution in [0, 0.1) is 0 Å². The summed E-state index contributed by atoms with van der Waals surface area (Å²) < 4.78 is 49.2. The van der Waals surface area contributed by atoms with Crippen LogP contribution >= 0.6 is 0 Å². The lowest BCUT2D eigenvalue weighted by atomic mass is 9.94. The number of esters is 1. The predicted octanol–water partition coefficient (Wildman–Crippen LogP) is 5.09. The average Bonchev–Trinajstić information content (AvgIpc) is 2.93. The van der Waals surface area contributed by atoms with Crippen LogP contribution in [-0.4, -0.2) is 32.4 Å². The molecule has 0 saturated heterocycles. The van der Waals surface area contributed by atoms with Crippen LogP contribution in [0.2, 0.25) is 0 Å². The molecule has 0 unspecified atom stereocenters. The number of nitrogens with zero attached hydrogens (tertiary/aromatic N) is 4. The average molecular weight is 539 g/mol. The second kappa shape index (κ2) is 10.5. The Morgan fingerprint density at radius 1 is 1.05 bits per heavy atom. The minimum absolute atomic E-state index is 0.000451. The number of carbonyl (C=O) groups is 2. The maximum absolute atomic E-state index is 13.7. The summed E-state index contributed by atoms with van der Waals surface area (Å²) in [6.07, 6.45) is 0.739. The van der Waals surface area contributed by atoms with Gasteiger partial charge in [-0.05, 0) is 50.1 Å². The monoisotopic (exact) mass is 538 g/mol. The number of rotatable bonds is 4. The van der Waals surface area contributed by atoms with Crippen molar-refractivity contribution < 1.29 is 27.5 Å². The summed E-state index contributed by atoms with van der Waals surface area (Å²) in [7, 11) is 0. The summed E-state index contributed by atoms with van der Waals surface area (Å²) in [5.41, 5.74) is -2.06. The molecule has 3 heterocycles. The van der Waals surface area contributed by atoms with Gasteiger partial charge in [-0.3, -0.25) is 14.0 Å². The summed E-state index contributed by atoms with van der Waals surface area (Å²) in [6.45, 7) is 1.60. The van der Waals surface area contributed by atoms with Gasteiger partial charge in [0.2, 0.25) is 0 Å². The highest BCUT2D eigenvalue weighted by Gasteiger charge is 2.35. The summed E-state index contributed by atoms with van der Waals surface area (Å²) in [4.78, 5) is 48.8. The fourth-order valence-electron chi connectivity index (χ4n) is 5.07. The predicted molar refractivity (Wildman–Crippen MR) is 136 cm³/mol. The van der Waals surface area contributed by atoms with Crippen molar-refractivity contribution in [1.82, 2.24) is 14.0 Å². The van der Waals surface area contributed by atoms with E-state index in [2.05, 4.69) is 9.98 Å². The Hall–Kier alpha value is -4.28. The number of fused-ring (bicyclic) bond motifs is 2. The van der Waals surface area contributed by atoms with E-state index in [0.29, 0.717) is 18.5 Å². The normalized spacial score (nSPS) is 15.1. The first kappa shape index (κ1) is 26.3. The summed E-state index contributed by atoms with van der Waals surface area (Å²) in [5.74, 6) is -2.02. The minimum Gasteiger partial charge on any atom is -0.462 e. The SMILES string of the molecule is CCOC(=O)c1cc2c(=O)n3ccccc3nc2n(C2CCCCC2)c1=NC(=O)c1ccccc1C(F)(F)F. The Balaban J connectivity index is 1.90. The second-order valence-electron chi connectivity index (χ2n) is 9.31. The molecule has 202 valence electrons. The second-order valence-corrected chi connectivity index (χ2v) is 9.31. The van der Waals surface area contributed by atoms with Gasteiger partial charge in [0, 0.05) is 12.2 Å². The van der Waals surface area contributed by atoms with Gasteiger partial charge in [0.25, 0.3) is 11.5 Å². The van der Waals surface area contributed by atoms with Crippen LogP contribution in [-0.2, 0) is 10.9 Å². The van der Waals surface area contributed by atoms with Gasteiger partial charge in [0.15, 0.2) is 5.49 Å². The number of halogens is 3. The molecule has 1 aliphatic carbocycles. The van der Waals surface area contributed by atoms with Gasteiger partial charge in [-0.15, -0.1) is 0 Å². The van der Waals surface area contributed by atoms with Crippen molar-refractivity contribution >= 4 is 28.6 Å². The third kappa shape index (κ3) is 4.96. The van der Waals surface area contributed by atoms with Crippen molar-refractivity contribution in [3.05, 3.63) is 87.3 Å². The quantitative estimate of drug-likeness (QED) is 0.267. The van der Waals surface area contributed by atoms with Gasteiger partial charge in [-0.2, -0.15) is 18.2 Å². The number of benzene rings is 1. The molecule has 1 aliphatic rings. The zero-order chi connectivity index (χ0) is 27.7. The molecule has 0 N–H and O–H groups in total. The Morgan fingerprint density at radius 3 is 2.49 bits per heavy atom. The summed E-state index contributed by atoms with van der Waals surface area (Å²) in [6, 6.07) is 10.4. The molecule has 5 rings (SSSR count). The van der Waals surface area contributed by atoms with E-state index in [1.54, 1.807) is 35.9 Å². The van der Waals surface area contributed by atoms with Crippen LogP contribution in [0.3, 0.4) is 0 Å². The number of pyridine rings is 2. The van der Waals surface area contributed by atoms with Crippen molar-refractivity contribution in [1.29, 1.82) is 0 Å². The molecule has 0 spiro atoms. The first-order chi connectivity index (χ1) is 18.7. The Labute approximate surface area is 220 Å². The highest BCUT2D eigenvalue weighted by molar-refractivity contribution is 5.98. The Morgan fingerprint density at radius 2 is 1.77 bits per heavy atom. The number of aromatic nitrogens is 3. The molecular weight excluding hydrogens is 513 g/mol. The maximum Gasteiger partial charge on any atom is 0.417 e. The van der Waals surface area contributed by atoms with Gasteiger partial charge in [-0.1, -0.05) is 37.5 Å². The molecule has 0 radical (unpaired) electrons. The van der Waals surface area contributed by atoms with E-state index in [9.17, 15) is 27.6 Å². The van der Waals surface area contributed by atoms with Crippen LogP contribution in [0.25, 0.3) is 16.7 Å². The van der Waals surface area contributed by atoms with Crippen molar-refractivity contribution in [3.8, 4) is 0 Å². The fourth-order valence-corrected chi connectivity index (χ4v) is 5.07. The van der Waals surface area contributed by atoms with E-state index in [4.69, 9.17) is 4.74 Å². The molecule has 1 amide bonds. The molecule has 0 bridgehead atoms. The van der Waals surface area contributed by atoms with Gasteiger partial charge < -0.3 is 9.30 Å². The zero-order valence-corrected chi connectivity index (χ0v) is 21.1. The van der Waals surface area contributed by atoms with Gasteiger partial charge in [-0.25, -0.2) is 9.78 Å². The highest BCUT2D eigenvalue weighted by Crippen LogP contribution is 2.32. The summed E-state index contributed by atoms with van der Waals surface area (Å²) >= 11 is 0. The fraction of sp³-hybridized carbons (Fsp3) is 0.321. The highest BCUT2D eigenvalue weighted by atomic mass is 19.4. The minimum atomic E-state index is -4.79. The number of hydrogen-bond acceptors (Lipinski definition) is 5. The van der Waals surface area contributed by atoms with E-state index in [1.807, 2.05) is 0 Å². The third-order valence-electron chi connectivity index (χ3n) is 6.84. The molecule has 1 saturated carbocycles. The zero-order valence-electron chi connectivity index (χ0n) is 21.1. The van der Waals surface area contributed by atoms with Crippen molar-refractivity contribution in [2.24, 2.45) is 4.99 Å². The summed E-state index contributed by atoms with van der Waals surface area (Å²) in [5, 5.41) is 0.106. The molecule has 8 nitrogen and oxygen atoms in total. The van der Waals surface area contributed by atoms with E-state index < -0.39 is 34.7 Å². The Kier molecular flexibility index (Phi) is 7.07. The molecule has 39 heavy (non-hydrogen) atoms. The molecule has 1 aromatic carbocycles. The van der Waals surface area contributed by atoms with Gasteiger partial charge >= 0.3 is 12.1 Å². The molecule has 3 aromatic heterocycles. The van der Waals surface area contributed by atoms with Gasteiger partial charge in [0.05, 0.1) is 23.1 Å². The lowest BCUT2D eigenvalue weighted by Gasteiger charge is -2.27. The van der Waals surface area contributed by atoms with Crippen molar-refractivity contribution in [3.63, 3.8) is 0 Å². The topological polar surface area (TPSA) is 95.0 Å². The van der Waals surface area contributed by atoms with Crippen LogP contribution in [0.15, 0.2) is 64.5 Å². The number of hydrogen-bond donors (Lipinski definition) is 0. The van der Waals surface area contributed by atoms with Crippen molar-refractivity contribution in [2.45, 2.75) is 51.2 Å². The van der Waals surface area contributed by atoms with Crippen LogP contribution in [0.4, 0.5) is 13.2 Å². The van der Waals surface area contributed by atoms with Crippen LogP contribution in [0.5, 0.6) is 0 Å². The number of carbonyl (C=O) groups excluding carboxylic acids is 2. The molecular formula is C28H25F3N4O4. The number of amides is 1. The first-order valence-electron chi connectivity index (χ1n) is 12.7. The largest absolute Gasteiger partial charge is 0.462 e. The molecule has 11 heteroatoms. The number of ether oxygens (including phenoxy) is 1. The van der Waals surface area contributed by atoms with E-state index >= 15 is 0 Å². The lowest BCUT2D eigenvalue weighted by Crippen LogP contribution is -2.35. The maximum atomic E-state index is 13.7. The van der Waals surface area contributed by atoms with Crippen LogP contribution < -0.4 is 11.0 Å². The van der Waals surface area contributed by atoms with Gasteiger partial charge in [0.1, 0.15) is 16.9 Å². The molecule has 4 aromatic rings. The first-order valence-corrected chi connectivity index (χ1v) is 12.7. The van der Waals surface area contributed by atoms with Crippen molar-refractivity contribution in [2.75, 3.05) is 6.61 Å².